The Morgan fingerprint density at radius 1 is 1.47 bits per heavy atom. The van der Waals surface area contributed by atoms with Gasteiger partial charge in [0.25, 0.3) is 0 Å². The van der Waals surface area contributed by atoms with Crippen molar-refractivity contribution in [3.8, 4) is 11.5 Å². The second-order valence-corrected chi connectivity index (χ2v) is 4.52. The van der Waals surface area contributed by atoms with Crippen molar-refractivity contribution in [2.75, 3.05) is 7.11 Å². The van der Waals surface area contributed by atoms with Crippen LogP contribution in [0.25, 0.3) is 0 Å². The Morgan fingerprint density at radius 2 is 2.32 bits per heavy atom. The summed E-state index contributed by atoms with van der Waals surface area (Å²) in [4.78, 5) is 0. The second-order valence-electron chi connectivity index (χ2n) is 4.52. The van der Waals surface area contributed by atoms with Gasteiger partial charge in [-0.05, 0) is 30.7 Å². The van der Waals surface area contributed by atoms with E-state index in [9.17, 15) is 5.11 Å². The van der Waals surface area contributed by atoms with E-state index >= 15 is 0 Å². The first-order valence-corrected chi connectivity index (χ1v) is 6.25. The largest absolute Gasteiger partial charge is 0.504 e. The van der Waals surface area contributed by atoms with Gasteiger partial charge in [0.2, 0.25) is 0 Å². The molecule has 0 bridgehead atoms. The van der Waals surface area contributed by atoms with Gasteiger partial charge in [-0.25, -0.2) is 0 Å². The molecule has 2 N–H and O–H groups in total. The molecule has 0 amide bonds. The van der Waals surface area contributed by atoms with Crippen LogP contribution in [0.15, 0.2) is 36.7 Å². The highest BCUT2D eigenvalue weighted by molar-refractivity contribution is 5.41. The predicted octanol–water partition coefficient (Wildman–Crippen LogP) is 1.78. The molecule has 0 radical (unpaired) electrons. The van der Waals surface area contributed by atoms with Crippen molar-refractivity contribution in [1.82, 2.24) is 15.1 Å². The van der Waals surface area contributed by atoms with Crippen LogP contribution >= 0.6 is 0 Å². The number of nitrogens with one attached hydrogen (secondary N) is 1. The fourth-order valence-corrected chi connectivity index (χ4v) is 1.89. The number of ether oxygens (including phenoxy) is 1. The highest BCUT2D eigenvalue weighted by Gasteiger charge is 2.05. The van der Waals surface area contributed by atoms with Crippen LogP contribution in [-0.4, -0.2) is 28.0 Å². The zero-order valence-corrected chi connectivity index (χ0v) is 11.2. The van der Waals surface area contributed by atoms with E-state index in [1.807, 2.05) is 23.0 Å². The number of methoxy groups -OCH3 is 1. The maximum atomic E-state index is 9.70. The van der Waals surface area contributed by atoms with E-state index in [1.54, 1.807) is 25.4 Å². The third-order valence-corrected chi connectivity index (χ3v) is 2.92. The summed E-state index contributed by atoms with van der Waals surface area (Å²) in [6.07, 6.45) is 3.71. The van der Waals surface area contributed by atoms with Gasteiger partial charge in [-0.3, -0.25) is 4.68 Å². The standard InChI is InChI=1S/C14H19N3O2/c1-11(10-17-7-3-6-16-17)15-9-12-4-5-14(19-2)13(18)8-12/h3-8,11,15,18H,9-10H2,1-2H3. The average molecular weight is 261 g/mol. The summed E-state index contributed by atoms with van der Waals surface area (Å²) < 4.78 is 6.91. The molecule has 0 aliphatic heterocycles. The molecule has 0 aliphatic rings. The van der Waals surface area contributed by atoms with Crippen molar-refractivity contribution in [3.05, 3.63) is 42.2 Å². The minimum atomic E-state index is 0.168. The lowest BCUT2D eigenvalue weighted by Gasteiger charge is -2.14. The molecule has 2 aromatic rings. The van der Waals surface area contributed by atoms with Crippen LogP contribution in [0, 0.1) is 0 Å². The maximum Gasteiger partial charge on any atom is 0.160 e. The van der Waals surface area contributed by atoms with Gasteiger partial charge in [0.05, 0.1) is 13.7 Å². The van der Waals surface area contributed by atoms with E-state index in [2.05, 4.69) is 17.3 Å². The smallest absolute Gasteiger partial charge is 0.160 e. The summed E-state index contributed by atoms with van der Waals surface area (Å²) in [5, 5.41) is 17.3. The Kier molecular flexibility index (Phi) is 4.41. The van der Waals surface area contributed by atoms with Crippen molar-refractivity contribution >= 4 is 0 Å². The Morgan fingerprint density at radius 3 is 2.95 bits per heavy atom. The third-order valence-electron chi connectivity index (χ3n) is 2.92. The summed E-state index contributed by atoms with van der Waals surface area (Å²) in [6, 6.07) is 7.63. The van der Waals surface area contributed by atoms with E-state index in [-0.39, 0.29) is 5.75 Å². The number of phenols is 1. The van der Waals surface area contributed by atoms with E-state index in [0.29, 0.717) is 18.3 Å². The first-order chi connectivity index (χ1) is 9.19. The second kappa shape index (κ2) is 6.24. The van der Waals surface area contributed by atoms with Crippen molar-refractivity contribution in [2.24, 2.45) is 0 Å². The molecule has 1 atom stereocenters. The molecule has 0 fully saturated rings. The minimum absolute atomic E-state index is 0.168. The molecular formula is C14H19N3O2. The topological polar surface area (TPSA) is 59.3 Å². The molecule has 0 spiro atoms. The van der Waals surface area contributed by atoms with Crippen molar-refractivity contribution in [3.63, 3.8) is 0 Å². The molecule has 1 aromatic heterocycles. The van der Waals surface area contributed by atoms with Gasteiger partial charge in [0.15, 0.2) is 11.5 Å². The number of aromatic hydroxyl groups is 1. The van der Waals surface area contributed by atoms with Gasteiger partial charge in [0, 0.05) is 25.0 Å². The number of benzene rings is 1. The third kappa shape index (κ3) is 3.72. The average Bonchev–Trinajstić information content (AvgIpc) is 2.89. The van der Waals surface area contributed by atoms with Crippen molar-refractivity contribution in [2.45, 2.75) is 26.1 Å². The fourth-order valence-electron chi connectivity index (χ4n) is 1.89. The zero-order chi connectivity index (χ0) is 13.7. The lowest BCUT2D eigenvalue weighted by atomic mass is 10.2. The first kappa shape index (κ1) is 13.4. The quantitative estimate of drug-likeness (QED) is 0.832. The monoisotopic (exact) mass is 261 g/mol. The number of hydrogen-bond donors (Lipinski definition) is 2. The number of aromatic nitrogens is 2. The molecule has 1 heterocycles. The van der Waals surface area contributed by atoms with Gasteiger partial charge in [-0.1, -0.05) is 6.07 Å². The van der Waals surface area contributed by atoms with Gasteiger partial charge in [0.1, 0.15) is 0 Å². The normalized spacial score (nSPS) is 12.3. The van der Waals surface area contributed by atoms with E-state index in [1.165, 1.54) is 0 Å². The van der Waals surface area contributed by atoms with Gasteiger partial charge >= 0.3 is 0 Å². The number of nitrogens with zero attached hydrogens (tertiary/aromatic N) is 2. The van der Waals surface area contributed by atoms with Gasteiger partial charge in [-0.15, -0.1) is 0 Å². The van der Waals surface area contributed by atoms with E-state index in [4.69, 9.17) is 4.74 Å². The Balaban J connectivity index is 1.86. The molecule has 0 aliphatic carbocycles. The molecule has 1 unspecified atom stereocenters. The van der Waals surface area contributed by atoms with Crippen LogP contribution in [-0.2, 0) is 13.1 Å². The van der Waals surface area contributed by atoms with Crippen LogP contribution in [0.1, 0.15) is 12.5 Å². The molecule has 2 rings (SSSR count). The highest BCUT2D eigenvalue weighted by Crippen LogP contribution is 2.26. The molecule has 19 heavy (non-hydrogen) atoms. The van der Waals surface area contributed by atoms with Crippen molar-refractivity contribution < 1.29 is 9.84 Å². The molecule has 5 heteroatoms. The number of hydrogen-bond acceptors (Lipinski definition) is 4. The number of phenolic OH excluding ortho intramolecular Hbond substituents is 1. The minimum Gasteiger partial charge on any atom is -0.504 e. The number of rotatable bonds is 6. The molecule has 102 valence electrons. The lowest BCUT2D eigenvalue weighted by molar-refractivity contribution is 0.372. The molecular weight excluding hydrogens is 242 g/mol. The van der Waals surface area contributed by atoms with Gasteiger partial charge < -0.3 is 15.2 Å². The SMILES string of the molecule is COc1ccc(CNC(C)Cn2cccn2)cc1O. The summed E-state index contributed by atoms with van der Waals surface area (Å²) in [5.41, 5.74) is 1.02. The summed E-state index contributed by atoms with van der Waals surface area (Å²) in [7, 11) is 1.54. The molecule has 0 saturated heterocycles. The zero-order valence-electron chi connectivity index (χ0n) is 11.2. The summed E-state index contributed by atoms with van der Waals surface area (Å²) >= 11 is 0. The lowest BCUT2D eigenvalue weighted by Crippen LogP contribution is -2.30. The van der Waals surface area contributed by atoms with E-state index < -0.39 is 0 Å². The van der Waals surface area contributed by atoms with Crippen molar-refractivity contribution in [1.29, 1.82) is 0 Å². The fraction of sp³-hybridized carbons (Fsp3) is 0.357. The maximum absolute atomic E-state index is 9.70. The summed E-state index contributed by atoms with van der Waals surface area (Å²) in [6.45, 7) is 3.61. The van der Waals surface area contributed by atoms with Crippen LogP contribution < -0.4 is 10.1 Å². The van der Waals surface area contributed by atoms with Crippen LogP contribution in [0.4, 0.5) is 0 Å². The molecule has 5 nitrogen and oxygen atoms in total. The van der Waals surface area contributed by atoms with Crippen LogP contribution in [0.3, 0.4) is 0 Å². The van der Waals surface area contributed by atoms with Gasteiger partial charge in [-0.2, -0.15) is 5.10 Å². The summed E-state index contributed by atoms with van der Waals surface area (Å²) in [5.74, 6) is 0.662. The Labute approximate surface area is 112 Å². The first-order valence-electron chi connectivity index (χ1n) is 6.25. The van der Waals surface area contributed by atoms with E-state index in [0.717, 1.165) is 12.1 Å². The van der Waals surface area contributed by atoms with Crippen LogP contribution in [0.2, 0.25) is 0 Å². The molecule has 0 saturated carbocycles. The van der Waals surface area contributed by atoms with Crippen LogP contribution in [0.5, 0.6) is 11.5 Å². The highest BCUT2D eigenvalue weighted by atomic mass is 16.5. The Hall–Kier alpha value is -2.01. The predicted molar refractivity (Wildman–Crippen MR) is 73.2 cm³/mol. The molecule has 1 aromatic carbocycles. The Bertz CT molecular complexity index is 511.